The van der Waals surface area contributed by atoms with Crippen LogP contribution in [0, 0.1) is 0 Å². The molecule has 0 atom stereocenters. The summed E-state index contributed by atoms with van der Waals surface area (Å²) in [6.45, 7) is 4.04. The maximum Gasteiger partial charge on any atom is 0.251 e. The normalized spacial score (nSPS) is 15.3. The van der Waals surface area contributed by atoms with E-state index in [4.69, 9.17) is 0 Å². The first-order valence-corrected chi connectivity index (χ1v) is 11.1. The fourth-order valence-electron chi connectivity index (χ4n) is 3.60. The number of thiophene rings is 1. The number of benzene rings is 1. The molecule has 164 valence electrons. The van der Waals surface area contributed by atoms with E-state index in [1.165, 1.54) is 5.56 Å². The Morgan fingerprint density at radius 1 is 1.23 bits per heavy atom. The molecular weight excluding hydrogens is 509 g/mol. The summed E-state index contributed by atoms with van der Waals surface area (Å²) in [4.78, 5) is 18.7. The molecule has 1 amide bonds. The van der Waals surface area contributed by atoms with Crippen LogP contribution >= 0.6 is 35.3 Å². The van der Waals surface area contributed by atoms with Crippen molar-refractivity contribution >= 4 is 47.2 Å². The summed E-state index contributed by atoms with van der Waals surface area (Å²) in [5.74, 6) is 0.798. The van der Waals surface area contributed by atoms with Crippen molar-refractivity contribution in [1.29, 1.82) is 0 Å². The molecular formula is C22H32IN5OS. The Labute approximate surface area is 200 Å². The molecule has 2 heterocycles. The molecule has 30 heavy (non-hydrogen) atoms. The van der Waals surface area contributed by atoms with Gasteiger partial charge in [0.2, 0.25) is 0 Å². The van der Waals surface area contributed by atoms with Gasteiger partial charge in [-0.3, -0.25) is 14.7 Å². The third-order valence-corrected chi connectivity index (χ3v) is 5.99. The average Bonchev–Trinajstić information content (AvgIpc) is 3.27. The Hall–Kier alpha value is -1.65. The van der Waals surface area contributed by atoms with Gasteiger partial charge >= 0.3 is 0 Å². The van der Waals surface area contributed by atoms with E-state index in [0.29, 0.717) is 11.6 Å². The Morgan fingerprint density at radius 3 is 2.70 bits per heavy atom. The van der Waals surface area contributed by atoms with Crippen LogP contribution in [-0.2, 0) is 13.0 Å². The fraction of sp³-hybridized carbons (Fsp3) is 0.455. The molecule has 3 rings (SSSR count). The lowest BCUT2D eigenvalue weighted by Crippen LogP contribution is -2.48. The number of nitrogens with one attached hydrogen (secondary N) is 3. The maximum atomic E-state index is 11.8. The zero-order valence-electron chi connectivity index (χ0n) is 17.7. The van der Waals surface area contributed by atoms with E-state index in [2.05, 4.69) is 42.7 Å². The smallest absolute Gasteiger partial charge is 0.251 e. The molecule has 3 N–H and O–H groups in total. The fourth-order valence-corrected chi connectivity index (χ4v) is 4.26. The van der Waals surface area contributed by atoms with Crippen LogP contribution in [0.25, 0.3) is 0 Å². The van der Waals surface area contributed by atoms with Crippen molar-refractivity contribution in [3.05, 3.63) is 57.8 Å². The van der Waals surface area contributed by atoms with Gasteiger partial charge < -0.3 is 16.0 Å². The van der Waals surface area contributed by atoms with Gasteiger partial charge in [-0.2, -0.15) is 11.3 Å². The predicted octanol–water partition coefficient (Wildman–Crippen LogP) is 3.10. The molecule has 1 saturated heterocycles. The molecule has 6 nitrogen and oxygen atoms in total. The average molecular weight is 542 g/mol. The van der Waals surface area contributed by atoms with Gasteiger partial charge in [-0.15, -0.1) is 24.0 Å². The van der Waals surface area contributed by atoms with Gasteiger partial charge in [-0.1, -0.05) is 12.1 Å². The number of carbonyl (C=O) groups excluding carboxylic acids is 1. The van der Waals surface area contributed by atoms with Crippen LogP contribution in [0.1, 0.15) is 34.3 Å². The topological polar surface area (TPSA) is 68.8 Å². The van der Waals surface area contributed by atoms with Crippen LogP contribution in [0.5, 0.6) is 0 Å². The third kappa shape index (κ3) is 7.55. The van der Waals surface area contributed by atoms with E-state index in [1.54, 1.807) is 18.4 Å². The van der Waals surface area contributed by atoms with Crippen LogP contribution < -0.4 is 16.0 Å². The number of amides is 1. The second kappa shape index (κ2) is 12.9. The molecule has 0 radical (unpaired) electrons. The maximum absolute atomic E-state index is 11.8. The van der Waals surface area contributed by atoms with E-state index in [9.17, 15) is 4.79 Å². The summed E-state index contributed by atoms with van der Waals surface area (Å²) >= 11 is 1.77. The second-order valence-corrected chi connectivity index (χ2v) is 8.13. The standard InChI is InChI=1S/C22H31N5OS.HI/c1-23-21(28)19-5-3-4-17(14-19)6-10-25-22(24-2)26-20-7-11-27(12-8-20)15-18-9-13-29-16-18;/h3-5,9,13-14,16,20H,6-8,10-12,15H2,1-2H3,(H,23,28)(H2,24,25,26);1H. The third-order valence-electron chi connectivity index (χ3n) is 5.26. The summed E-state index contributed by atoms with van der Waals surface area (Å²) < 4.78 is 0. The SMILES string of the molecule is CN=C(NCCc1cccc(C(=O)NC)c1)NC1CCN(Cc2ccsc2)CC1.I. The Balaban J connectivity index is 0.00000320. The Morgan fingerprint density at radius 2 is 2.03 bits per heavy atom. The summed E-state index contributed by atoms with van der Waals surface area (Å²) in [7, 11) is 3.46. The minimum absolute atomic E-state index is 0. The van der Waals surface area contributed by atoms with E-state index < -0.39 is 0 Å². The van der Waals surface area contributed by atoms with Crippen LogP contribution in [0.15, 0.2) is 46.1 Å². The second-order valence-electron chi connectivity index (χ2n) is 7.35. The number of aliphatic imine (C=N–C) groups is 1. The number of hydrogen-bond acceptors (Lipinski definition) is 4. The van der Waals surface area contributed by atoms with Crippen LogP contribution in [0.3, 0.4) is 0 Å². The quantitative estimate of drug-likeness (QED) is 0.287. The number of nitrogens with zero attached hydrogens (tertiary/aromatic N) is 2. The number of likely N-dealkylation sites (tertiary alicyclic amines) is 1. The van der Waals surface area contributed by atoms with Gasteiger partial charge in [0.1, 0.15) is 0 Å². The van der Waals surface area contributed by atoms with Crippen LogP contribution in [-0.4, -0.2) is 56.5 Å². The number of rotatable bonds is 7. The number of hydrogen-bond donors (Lipinski definition) is 3. The predicted molar refractivity (Wildman–Crippen MR) is 136 cm³/mol. The molecule has 0 saturated carbocycles. The minimum Gasteiger partial charge on any atom is -0.356 e. The molecule has 0 bridgehead atoms. The molecule has 1 aromatic carbocycles. The van der Waals surface area contributed by atoms with Gasteiger partial charge in [0.15, 0.2) is 5.96 Å². The van der Waals surface area contributed by atoms with E-state index in [-0.39, 0.29) is 29.9 Å². The van der Waals surface area contributed by atoms with Gasteiger partial charge in [0.25, 0.3) is 5.91 Å². The first-order valence-electron chi connectivity index (χ1n) is 10.2. The van der Waals surface area contributed by atoms with Crippen molar-refractivity contribution in [2.45, 2.75) is 31.8 Å². The molecule has 0 spiro atoms. The van der Waals surface area contributed by atoms with Gasteiger partial charge in [-0.25, -0.2) is 0 Å². The van der Waals surface area contributed by atoms with Crippen LogP contribution in [0.4, 0.5) is 0 Å². The monoisotopic (exact) mass is 541 g/mol. The van der Waals surface area contributed by atoms with E-state index in [1.807, 2.05) is 31.3 Å². The first-order chi connectivity index (χ1) is 14.2. The molecule has 1 aliphatic heterocycles. The van der Waals surface area contributed by atoms with Gasteiger partial charge in [0, 0.05) is 51.9 Å². The largest absolute Gasteiger partial charge is 0.356 e. The van der Waals surface area contributed by atoms with Crippen molar-refractivity contribution in [2.75, 3.05) is 33.7 Å². The van der Waals surface area contributed by atoms with Gasteiger partial charge in [0.05, 0.1) is 0 Å². The molecule has 2 aromatic rings. The minimum atomic E-state index is -0.0531. The summed E-state index contributed by atoms with van der Waals surface area (Å²) in [5.41, 5.74) is 3.25. The van der Waals surface area contributed by atoms with Crippen molar-refractivity contribution in [1.82, 2.24) is 20.9 Å². The Bertz CT molecular complexity index is 804. The highest BCUT2D eigenvalue weighted by Crippen LogP contribution is 2.15. The van der Waals surface area contributed by atoms with E-state index in [0.717, 1.165) is 57.0 Å². The molecule has 1 aliphatic rings. The highest BCUT2D eigenvalue weighted by Gasteiger charge is 2.20. The van der Waals surface area contributed by atoms with Crippen LogP contribution in [0.2, 0.25) is 0 Å². The van der Waals surface area contributed by atoms with Gasteiger partial charge in [-0.05, 0) is 59.3 Å². The highest BCUT2D eigenvalue weighted by atomic mass is 127. The van der Waals surface area contributed by atoms with Crippen molar-refractivity contribution in [3.63, 3.8) is 0 Å². The highest BCUT2D eigenvalue weighted by molar-refractivity contribution is 14.0. The van der Waals surface area contributed by atoms with Crippen molar-refractivity contribution in [3.8, 4) is 0 Å². The zero-order valence-corrected chi connectivity index (χ0v) is 20.8. The lowest BCUT2D eigenvalue weighted by Gasteiger charge is -2.33. The molecule has 0 aliphatic carbocycles. The summed E-state index contributed by atoms with van der Waals surface area (Å²) in [6.07, 6.45) is 3.09. The summed E-state index contributed by atoms with van der Waals surface area (Å²) in [6, 6.07) is 10.4. The number of carbonyl (C=O) groups is 1. The first kappa shape index (κ1) is 24.6. The number of piperidine rings is 1. The van der Waals surface area contributed by atoms with Crippen molar-refractivity contribution in [2.24, 2.45) is 4.99 Å². The van der Waals surface area contributed by atoms with Crippen molar-refractivity contribution < 1.29 is 4.79 Å². The summed E-state index contributed by atoms with van der Waals surface area (Å²) in [5, 5.41) is 14.0. The molecule has 1 fully saturated rings. The lowest BCUT2D eigenvalue weighted by atomic mass is 10.0. The molecule has 1 aromatic heterocycles. The molecule has 0 unspecified atom stereocenters. The number of halogens is 1. The molecule has 8 heteroatoms. The zero-order chi connectivity index (χ0) is 20.5. The lowest BCUT2D eigenvalue weighted by molar-refractivity contribution is 0.0963. The van der Waals surface area contributed by atoms with E-state index >= 15 is 0 Å². The Kier molecular flexibility index (Phi) is 10.6. The number of guanidine groups is 1.